The Labute approximate surface area is 136 Å². The summed E-state index contributed by atoms with van der Waals surface area (Å²) < 4.78 is 30.9. The molecule has 22 heavy (non-hydrogen) atoms. The van der Waals surface area contributed by atoms with Gasteiger partial charge in [0, 0.05) is 16.9 Å². The summed E-state index contributed by atoms with van der Waals surface area (Å²) in [5, 5.41) is 0. The Balaban J connectivity index is 2.42. The Morgan fingerprint density at radius 3 is 2.68 bits per heavy atom. The SMILES string of the molecule is COc1ccc(Br)cc1S(=O)(=O)Cc1cncc(C(N)=O)c1. The molecule has 1 amide bonds. The van der Waals surface area contributed by atoms with Crippen LogP contribution >= 0.6 is 15.9 Å². The van der Waals surface area contributed by atoms with Crippen molar-refractivity contribution in [3.63, 3.8) is 0 Å². The van der Waals surface area contributed by atoms with Crippen LogP contribution in [0.1, 0.15) is 15.9 Å². The van der Waals surface area contributed by atoms with Crippen molar-refractivity contribution in [1.82, 2.24) is 4.98 Å². The highest BCUT2D eigenvalue weighted by Crippen LogP contribution is 2.29. The van der Waals surface area contributed by atoms with Crippen LogP contribution in [0.2, 0.25) is 0 Å². The van der Waals surface area contributed by atoms with Gasteiger partial charge in [0.05, 0.1) is 18.4 Å². The molecule has 0 spiro atoms. The van der Waals surface area contributed by atoms with Gasteiger partial charge >= 0.3 is 0 Å². The first kappa shape index (κ1) is 16.4. The average Bonchev–Trinajstić information content (AvgIpc) is 2.47. The molecule has 0 unspecified atom stereocenters. The maximum absolute atomic E-state index is 12.6. The van der Waals surface area contributed by atoms with E-state index in [4.69, 9.17) is 10.5 Å². The van der Waals surface area contributed by atoms with E-state index in [-0.39, 0.29) is 22.0 Å². The van der Waals surface area contributed by atoms with Gasteiger partial charge in [0.2, 0.25) is 5.91 Å². The number of nitrogens with two attached hydrogens (primary N) is 1. The Hall–Kier alpha value is -1.93. The van der Waals surface area contributed by atoms with Gasteiger partial charge in [-0.15, -0.1) is 0 Å². The summed E-state index contributed by atoms with van der Waals surface area (Å²) in [6, 6.07) is 6.14. The molecule has 1 aromatic carbocycles. The Morgan fingerprint density at radius 1 is 1.32 bits per heavy atom. The summed E-state index contributed by atoms with van der Waals surface area (Å²) in [4.78, 5) is 15.0. The number of carbonyl (C=O) groups excluding carboxylic acids is 1. The average molecular weight is 385 g/mol. The number of rotatable bonds is 5. The van der Waals surface area contributed by atoms with Gasteiger partial charge in [-0.25, -0.2) is 8.42 Å². The number of methoxy groups -OCH3 is 1. The highest BCUT2D eigenvalue weighted by atomic mass is 79.9. The van der Waals surface area contributed by atoms with Crippen molar-refractivity contribution in [2.75, 3.05) is 7.11 Å². The topological polar surface area (TPSA) is 99.3 Å². The summed E-state index contributed by atoms with van der Waals surface area (Å²) in [6.07, 6.45) is 2.67. The largest absolute Gasteiger partial charge is 0.495 e. The summed E-state index contributed by atoms with van der Waals surface area (Å²) in [5.41, 5.74) is 5.70. The lowest BCUT2D eigenvalue weighted by molar-refractivity contribution is 0.1000. The number of hydrogen-bond acceptors (Lipinski definition) is 5. The summed E-state index contributed by atoms with van der Waals surface area (Å²) in [5.74, 6) is -0.720. The smallest absolute Gasteiger partial charge is 0.250 e. The molecule has 0 saturated heterocycles. The zero-order valence-electron chi connectivity index (χ0n) is 11.6. The predicted molar refractivity (Wildman–Crippen MR) is 84.3 cm³/mol. The second-order valence-corrected chi connectivity index (χ2v) is 7.37. The number of primary amides is 1. The second-order valence-electron chi connectivity index (χ2n) is 4.50. The van der Waals surface area contributed by atoms with Crippen LogP contribution in [0.15, 0.2) is 46.0 Å². The number of halogens is 1. The van der Waals surface area contributed by atoms with Gasteiger partial charge in [-0.3, -0.25) is 9.78 Å². The lowest BCUT2D eigenvalue weighted by atomic mass is 10.2. The molecule has 8 heteroatoms. The molecule has 2 N–H and O–H groups in total. The number of benzene rings is 1. The van der Waals surface area contributed by atoms with Crippen LogP contribution in [0.5, 0.6) is 5.75 Å². The van der Waals surface area contributed by atoms with E-state index in [9.17, 15) is 13.2 Å². The molecule has 2 rings (SSSR count). The summed E-state index contributed by atoms with van der Waals surface area (Å²) in [6.45, 7) is 0. The van der Waals surface area contributed by atoms with Crippen LogP contribution < -0.4 is 10.5 Å². The van der Waals surface area contributed by atoms with Gasteiger partial charge in [0.15, 0.2) is 9.84 Å². The number of amides is 1. The molecule has 6 nitrogen and oxygen atoms in total. The molecule has 0 aliphatic carbocycles. The molecule has 0 aliphatic rings. The van der Waals surface area contributed by atoms with E-state index < -0.39 is 15.7 Å². The van der Waals surface area contributed by atoms with Crippen molar-refractivity contribution in [3.05, 3.63) is 52.3 Å². The van der Waals surface area contributed by atoms with Gasteiger partial charge in [-0.05, 0) is 29.8 Å². The van der Waals surface area contributed by atoms with Crippen LogP contribution in [0.25, 0.3) is 0 Å². The molecule has 1 aromatic heterocycles. The second kappa shape index (κ2) is 6.45. The normalized spacial score (nSPS) is 11.2. The maximum atomic E-state index is 12.6. The molecular formula is C14H13BrN2O4S. The van der Waals surface area contributed by atoms with Crippen LogP contribution in [-0.4, -0.2) is 26.4 Å². The van der Waals surface area contributed by atoms with E-state index >= 15 is 0 Å². The van der Waals surface area contributed by atoms with Crippen LogP contribution in [-0.2, 0) is 15.6 Å². The van der Waals surface area contributed by atoms with E-state index in [2.05, 4.69) is 20.9 Å². The van der Waals surface area contributed by atoms with E-state index in [1.807, 2.05) is 0 Å². The van der Waals surface area contributed by atoms with Crippen molar-refractivity contribution in [2.24, 2.45) is 5.73 Å². The minimum absolute atomic E-state index is 0.0638. The number of hydrogen-bond donors (Lipinski definition) is 1. The van der Waals surface area contributed by atoms with Crippen molar-refractivity contribution < 1.29 is 17.9 Å². The van der Waals surface area contributed by atoms with E-state index in [1.54, 1.807) is 12.1 Å². The summed E-state index contributed by atoms with van der Waals surface area (Å²) in [7, 11) is -2.27. The first-order chi connectivity index (χ1) is 10.3. The Bertz CT molecular complexity index is 821. The van der Waals surface area contributed by atoms with Crippen molar-refractivity contribution in [2.45, 2.75) is 10.6 Å². The zero-order chi connectivity index (χ0) is 16.3. The van der Waals surface area contributed by atoms with Crippen molar-refractivity contribution >= 4 is 31.7 Å². The fraction of sp³-hybridized carbons (Fsp3) is 0.143. The number of nitrogens with zero attached hydrogens (tertiary/aromatic N) is 1. The Morgan fingerprint density at radius 2 is 2.05 bits per heavy atom. The molecule has 0 saturated carbocycles. The molecule has 1 heterocycles. The maximum Gasteiger partial charge on any atom is 0.250 e. The third-order valence-electron chi connectivity index (χ3n) is 2.90. The van der Waals surface area contributed by atoms with E-state index in [0.29, 0.717) is 10.0 Å². The summed E-state index contributed by atoms with van der Waals surface area (Å²) >= 11 is 3.24. The third kappa shape index (κ3) is 3.63. The number of sulfone groups is 1. The minimum Gasteiger partial charge on any atom is -0.495 e. The predicted octanol–water partition coefficient (Wildman–Crippen LogP) is 1.93. The van der Waals surface area contributed by atoms with Crippen LogP contribution in [0, 0.1) is 0 Å². The highest BCUT2D eigenvalue weighted by molar-refractivity contribution is 9.10. The number of carbonyl (C=O) groups is 1. The molecule has 0 bridgehead atoms. The molecule has 0 atom stereocenters. The number of ether oxygens (including phenoxy) is 1. The molecule has 116 valence electrons. The van der Waals surface area contributed by atoms with Gasteiger partial charge in [-0.2, -0.15) is 0 Å². The number of aromatic nitrogens is 1. The first-order valence-electron chi connectivity index (χ1n) is 6.13. The fourth-order valence-corrected chi connectivity index (χ4v) is 3.92. The first-order valence-corrected chi connectivity index (χ1v) is 8.58. The van der Waals surface area contributed by atoms with Crippen LogP contribution in [0.3, 0.4) is 0 Å². The van der Waals surface area contributed by atoms with Gasteiger partial charge in [0.25, 0.3) is 0 Å². The van der Waals surface area contributed by atoms with Gasteiger partial charge in [-0.1, -0.05) is 15.9 Å². The minimum atomic E-state index is -3.67. The Kier molecular flexibility index (Phi) is 4.82. The molecular weight excluding hydrogens is 372 g/mol. The van der Waals surface area contributed by atoms with Crippen LogP contribution in [0.4, 0.5) is 0 Å². The van der Waals surface area contributed by atoms with Gasteiger partial charge < -0.3 is 10.5 Å². The quantitative estimate of drug-likeness (QED) is 0.848. The third-order valence-corrected chi connectivity index (χ3v) is 5.09. The fourth-order valence-electron chi connectivity index (χ4n) is 1.89. The van der Waals surface area contributed by atoms with E-state index in [0.717, 1.165) is 0 Å². The van der Waals surface area contributed by atoms with Crippen molar-refractivity contribution in [1.29, 1.82) is 0 Å². The molecule has 2 aromatic rings. The number of pyridine rings is 1. The molecule has 0 aliphatic heterocycles. The standard InChI is InChI=1S/C14H13BrN2O4S/c1-21-12-3-2-11(15)5-13(12)22(19,20)8-9-4-10(14(16)18)7-17-6-9/h2-7H,8H2,1H3,(H2,16,18). The van der Waals surface area contributed by atoms with Gasteiger partial charge in [0.1, 0.15) is 10.6 Å². The van der Waals surface area contributed by atoms with E-state index in [1.165, 1.54) is 31.6 Å². The monoisotopic (exact) mass is 384 g/mol. The zero-order valence-corrected chi connectivity index (χ0v) is 14.0. The molecule has 0 fully saturated rings. The highest BCUT2D eigenvalue weighted by Gasteiger charge is 2.21. The molecule has 0 radical (unpaired) electrons. The lowest BCUT2D eigenvalue weighted by Crippen LogP contribution is -2.13. The lowest BCUT2D eigenvalue weighted by Gasteiger charge is -2.10. The van der Waals surface area contributed by atoms with Crippen molar-refractivity contribution in [3.8, 4) is 5.75 Å².